The smallest absolute Gasteiger partial charge is 0.236 e. The molecule has 7 N–H and O–H groups in total. The van der Waals surface area contributed by atoms with Gasteiger partial charge in [-0.2, -0.15) is 0 Å². The van der Waals surface area contributed by atoms with Crippen molar-refractivity contribution in [3.05, 3.63) is 0 Å². The van der Waals surface area contributed by atoms with Crippen LogP contribution in [0.2, 0.25) is 0 Å². The maximum atomic E-state index is 10.8. The van der Waals surface area contributed by atoms with Crippen LogP contribution < -0.4 is 22.5 Å². The second-order valence-corrected chi connectivity index (χ2v) is 2.54. The van der Waals surface area contributed by atoms with Crippen LogP contribution in [0, 0.1) is 0 Å². The fraction of sp³-hybridized carbons (Fsp3) is 0.667. The molecule has 2 amide bonds. The Kier molecular flexibility index (Phi) is 4.24. The van der Waals surface area contributed by atoms with Crippen molar-refractivity contribution in [3.63, 3.8) is 0 Å². The van der Waals surface area contributed by atoms with Crippen LogP contribution >= 0.6 is 0 Å². The molecule has 0 heterocycles. The molecule has 0 aromatic carbocycles. The number of carbonyl (C=O) groups excluding carboxylic acids is 2. The van der Waals surface area contributed by atoms with Gasteiger partial charge in [0.15, 0.2) is 0 Å². The van der Waals surface area contributed by atoms with Gasteiger partial charge in [-0.3, -0.25) is 9.59 Å². The lowest BCUT2D eigenvalue weighted by atomic mass is 10.3. The van der Waals surface area contributed by atoms with E-state index in [1.54, 1.807) is 0 Å². The van der Waals surface area contributed by atoms with Crippen molar-refractivity contribution < 1.29 is 9.59 Å². The minimum absolute atomic E-state index is 0.0235. The Morgan fingerprint density at radius 1 is 1.42 bits per heavy atom. The first-order valence-electron chi connectivity index (χ1n) is 3.53. The van der Waals surface area contributed by atoms with E-state index in [2.05, 4.69) is 5.32 Å². The molecule has 0 aromatic rings. The van der Waals surface area contributed by atoms with E-state index in [1.165, 1.54) is 6.92 Å². The largest absolute Gasteiger partial charge is 0.368 e. The summed E-state index contributed by atoms with van der Waals surface area (Å²) in [6.07, 6.45) is 0. The zero-order valence-electron chi connectivity index (χ0n) is 6.91. The van der Waals surface area contributed by atoms with Crippen molar-refractivity contribution in [2.24, 2.45) is 17.2 Å². The third-order valence-electron chi connectivity index (χ3n) is 1.28. The molecule has 0 saturated heterocycles. The summed E-state index contributed by atoms with van der Waals surface area (Å²) in [5.74, 6) is -1.01. The molecular formula is C6H14N4O2. The molecule has 0 rings (SSSR count). The first-order chi connectivity index (χ1) is 5.45. The monoisotopic (exact) mass is 174 g/mol. The van der Waals surface area contributed by atoms with Crippen LogP contribution in [0.3, 0.4) is 0 Å². The second kappa shape index (κ2) is 4.68. The summed E-state index contributed by atoms with van der Waals surface area (Å²) in [5.41, 5.74) is 15.3. The maximum Gasteiger partial charge on any atom is 0.236 e. The fourth-order valence-corrected chi connectivity index (χ4v) is 0.472. The molecule has 0 saturated carbocycles. The Balaban J connectivity index is 3.69. The number of nitrogens with two attached hydrogens (primary N) is 3. The van der Waals surface area contributed by atoms with Crippen molar-refractivity contribution in [2.75, 3.05) is 6.54 Å². The summed E-state index contributed by atoms with van der Waals surface area (Å²) >= 11 is 0. The fourth-order valence-electron chi connectivity index (χ4n) is 0.472. The molecule has 0 aromatic heterocycles. The van der Waals surface area contributed by atoms with Gasteiger partial charge in [0.1, 0.15) is 6.04 Å². The lowest BCUT2D eigenvalue weighted by molar-refractivity contribution is -0.122. The number of primary amides is 1. The molecule has 0 bridgehead atoms. The van der Waals surface area contributed by atoms with Crippen molar-refractivity contribution in [3.8, 4) is 0 Å². The molecule has 0 aliphatic heterocycles. The van der Waals surface area contributed by atoms with E-state index in [0.717, 1.165) is 0 Å². The van der Waals surface area contributed by atoms with Gasteiger partial charge >= 0.3 is 0 Å². The van der Waals surface area contributed by atoms with E-state index in [-0.39, 0.29) is 12.5 Å². The zero-order valence-corrected chi connectivity index (χ0v) is 6.91. The lowest BCUT2D eigenvalue weighted by Gasteiger charge is -2.10. The Bertz CT molecular complexity index is 180. The van der Waals surface area contributed by atoms with E-state index in [4.69, 9.17) is 17.2 Å². The van der Waals surface area contributed by atoms with Crippen LogP contribution in [0.25, 0.3) is 0 Å². The lowest BCUT2D eigenvalue weighted by Crippen LogP contribution is -2.48. The van der Waals surface area contributed by atoms with Gasteiger partial charge in [-0.1, -0.05) is 0 Å². The summed E-state index contributed by atoms with van der Waals surface area (Å²) in [4.78, 5) is 21.2. The highest BCUT2D eigenvalue weighted by molar-refractivity contribution is 5.83. The van der Waals surface area contributed by atoms with Gasteiger partial charge in [-0.25, -0.2) is 0 Å². The van der Waals surface area contributed by atoms with Gasteiger partial charge in [0.2, 0.25) is 11.8 Å². The van der Waals surface area contributed by atoms with Gasteiger partial charge in [0.25, 0.3) is 0 Å². The Morgan fingerprint density at radius 3 is 2.25 bits per heavy atom. The number of hydrogen-bond donors (Lipinski definition) is 4. The molecular weight excluding hydrogens is 160 g/mol. The molecule has 0 aliphatic rings. The minimum atomic E-state index is -0.854. The summed E-state index contributed by atoms with van der Waals surface area (Å²) in [6, 6.07) is -1.46. The summed E-state index contributed by atoms with van der Waals surface area (Å²) in [6.45, 7) is 1.56. The first kappa shape index (κ1) is 10.9. The quantitative estimate of drug-likeness (QED) is 0.369. The predicted octanol–water partition coefficient (Wildman–Crippen LogP) is -2.74. The van der Waals surface area contributed by atoms with Gasteiger partial charge < -0.3 is 22.5 Å². The molecule has 0 aliphatic carbocycles. The Hall–Kier alpha value is -1.14. The van der Waals surface area contributed by atoms with Crippen molar-refractivity contribution in [1.82, 2.24) is 5.32 Å². The van der Waals surface area contributed by atoms with Crippen LogP contribution in [-0.2, 0) is 9.59 Å². The van der Waals surface area contributed by atoms with Crippen LogP contribution in [0.1, 0.15) is 6.92 Å². The number of nitrogens with one attached hydrogen (secondary N) is 1. The molecule has 6 heteroatoms. The highest BCUT2D eigenvalue weighted by atomic mass is 16.2. The van der Waals surface area contributed by atoms with E-state index in [9.17, 15) is 9.59 Å². The van der Waals surface area contributed by atoms with E-state index in [0.29, 0.717) is 0 Å². The van der Waals surface area contributed by atoms with Crippen LogP contribution in [-0.4, -0.2) is 30.4 Å². The molecule has 70 valence electrons. The number of rotatable bonds is 4. The van der Waals surface area contributed by atoms with Gasteiger partial charge in [-0.05, 0) is 6.92 Å². The zero-order chi connectivity index (χ0) is 9.72. The normalized spacial score (nSPS) is 14.9. The first-order valence-corrected chi connectivity index (χ1v) is 3.53. The number of amides is 2. The number of hydrogen-bond acceptors (Lipinski definition) is 4. The summed E-state index contributed by atoms with van der Waals surface area (Å²) in [5, 5.41) is 2.37. The highest BCUT2D eigenvalue weighted by Gasteiger charge is 2.12. The molecule has 2 atom stereocenters. The SMILES string of the molecule is C[C@H](N)C(=O)NC[C@H](N)C(N)=O. The topological polar surface area (TPSA) is 124 Å². The highest BCUT2D eigenvalue weighted by Crippen LogP contribution is 1.77. The Labute approximate surface area is 70.5 Å². The summed E-state index contributed by atoms with van der Waals surface area (Å²) < 4.78 is 0. The average Bonchev–Trinajstić information content (AvgIpc) is 1.98. The van der Waals surface area contributed by atoms with Crippen LogP contribution in [0.15, 0.2) is 0 Å². The Morgan fingerprint density at radius 2 is 1.92 bits per heavy atom. The van der Waals surface area contributed by atoms with E-state index < -0.39 is 18.0 Å². The average molecular weight is 174 g/mol. The van der Waals surface area contributed by atoms with Crippen LogP contribution in [0.5, 0.6) is 0 Å². The van der Waals surface area contributed by atoms with Crippen molar-refractivity contribution in [2.45, 2.75) is 19.0 Å². The second-order valence-electron chi connectivity index (χ2n) is 2.54. The van der Waals surface area contributed by atoms with Gasteiger partial charge in [0, 0.05) is 6.54 Å². The van der Waals surface area contributed by atoms with E-state index in [1.807, 2.05) is 0 Å². The third-order valence-corrected chi connectivity index (χ3v) is 1.28. The standard InChI is InChI=1S/C6H14N4O2/c1-3(7)6(12)10-2-4(8)5(9)11/h3-4H,2,7-8H2,1H3,(H2,9,11)(H,10,12)/t3-,4-/m0/s1. The van der Waals surface area contributed by atoms with Crippen molar-refractivity contribution in [1.29, 1.82) is 0 Å². The van der Waals surface area contributed by atoms with Gasteiger partial charge in [-0.15, -0.1) is 0 Å². The van der Waals surface area contributed by atoms with Crippen molar-refractivity contribution >= 4 is 11.8 Å². The van der Waals surface area contributed by atoms with E-state index >= 15 is 0 Å². The predicted molar refractivity (Wildman–Crippen MR) is 43.8 cm³/mol. The maximum absolute atomic E-state index is 10.8. The minimum Gasteiger partial charge on any atom is -0.368 e. The molecule has 0 fully saturated rings. The number of carbonyl (C=O) groups is 2. The third kappa shape index (κ3) is 3.89. The molecule has 0 radical (unpaired) electrons. The molecule has 6 nitrogen and oxygen atoms in total. The summed E-state index contributed by atoms with van der Waals surface area (Å²) in [7, 11) is 0. The molecule has 0 unspecified atom stereocenters. The molecule has 0 spiro atoms. The van der Waals surface area contributed by atoms with Crippen LogP contribution in [0.4, 0.5) is 0 Å². The van der Waals surface area contributed by atoms with Gasteiger partial charge in [0.05, 0.1) is 6.04 Å². The molecule has 12 heavy (non-hydrogen) atoms.